The fourth-order valence-corrected chi connectivity index (χ4v) is 2.48. The molecule has 0 spiro atoms. The predicted molar refractivity (Wildman–Crippen MR) is 99.3 cm³/mol. The average molecular weight is 321 g/mol. The molecule has 0 amide bonds. The van der Waals surface area contributed by atoms with E-state index < -0.39 is 0 Å². The SMILES string of the molecule is CCCCCCc1ccccc1OCCCCOCC(C)CC. The average Bonchev–Trinajstić information content (AvgIpc) is 2.58. The van der Waals surface area contributed by atoms with Gasteiger partial charge in [-0.05, 0) is 43.2 Å². The summed E-state index contributed by atoms with van der Waals surface area (Å²) in [5.74, 6) is 1.75. The van der Waals surface area contributed by atoms with Crippen LogP contribution in [0.25, 0.3) is 0 Å². The first kappa shape index (κ1) is 20.0. The zero-order valence-corrected chi connectivity index (χ0v) is 15.5. The van der Waals surface area contributed by atoms with Crippen molar-refractivity contribution in [3.05, 3.63) is 29.8 Å². The molecular formula is C21H36O2. The molecular weight excluding hydrogens is 284 g/mol. The first-order chi connectivity index (χ1) is 11.3. The van der Waals surface area contributed by atoms with Crippen molar-refractivity contribution in [2.75, 3.05) is 19.8 Å². The number of para-hydroxylation sites is 1. The largest absolute Gasteiger partial charge is 0.493 e. The van der Waals surface area contributed by atoms with Crippen LogP contribution in [-0.2, 0) is 11.2 Å². The van der Waals surface area contributed by atoms with E-state index in [0.717, 1.165) is 44.8 Å². The number of hydrogen-bond acceptors (Lipinski definition) is 2. The van der Waals surface area contributed by atoms with Crippen molar-refractivity contribution >= 4 is 0 Å². The molecule has 0 aromatic heterocycles. The van der Waals surface area contributed by atoms with Crippen molar-refractivity contribution in [1.29, 1.82) is 0 Å². The topological polar surface area (TPSA) is 18.5 Å². The van der Waals surface area contributed by atoms with Gasteiger partial charge in [0.1, 0.15) is 5.75 Å². The third-order valence-electron chi connectivity index (χ3n) is 4.31. The lowest BCUT2D eigenvalue weighted by molar-refractivity contribution is 0.0977. The van der Waals surface area contributed by atoms with E-state index in [4.69, 9.17) is 9.47 Å². The molecule has 0 aliphatic rings. The number of hydrogen-bond donors (Lipinski definition) is 0. The number of benzene rings is 1. The lowest BCUT2D eigenvalue weighted by Gasteiger charge is -2.12. The summed E-state index contributed by atoms with van der Waals surface area (Å²) in [6, 6.07) is 8.50. The van der Waals surface area contributed by atoms with E-state index >= 15 is 0 Å². The smallest absolute Gasteiger partial charge is 0.122 e. The quantitative estimate of drug-likeness (QED) is 0.390. The Morgan fingerprint density at radius 1 is 0.913 bits per heavy atom. The van der Waals surface area contributed by atoms with E-state index in [0.29, 0.717) is 5.92 Å². The maximum atomic E-state index is 5.99. The summed E-state index contributed by atoms with van der Waals surface area (Å²) in [5, 5.41) is 0. The molecule has 0 aliphatic carbocycles. The Morgan fingerprint density at radius 3 is 2.48 bits per heavy atom. The molecule has 2 nitrogen and oxygen atoms in total. The molecule has 0 heterocycles. The highest BCUT2D eigenvalue weighted by Crippen LogP contribution is 2.21. The van der Waals surface area contributed by atoms with Crippen molar-refractivity contribution in [2.45, 2.75) is 72.1 Å². The van der Waals surface area contributed by atoms with Gasteiger partial charge in [-0.1, -0.05) is 64.7 Å². The van der Waals surface area contributed by atoms with Crippen LogP contribution < -0.4 is 4.74 Å². The van der Waals surface area contributed by atoms with E-state index in [2.05, 4.69) is 45.0 Å². The van der Waals surface area contributed by atoms with Gasteiger partial charge >= 0.3 is 0 Å². The Hall–Kier alpha value is -1.02. The summed E-state index contributed by atoms with van der Waals surface area (Å²) >= 11 is 0. The molecule has 0 aliphatic heterocycles. The van der Waals surface area contributed by atoms with Crippen LogP contribution in [0.1, 0.15) is 71.3 Å². The highest BCUT2D eigenvalue weighted by atomic mass is 16.5. The monoisotopic (exact) mass is 320 g/mol. The zero-order chi connectivity index (χ0) is 16.8. The van der Waals surface area contributed by atoms with Gasteiger partial charge < -0.3 is 9.47 Å². The van der Waals surface area contributed by atoms with Crippen LogP contribution in [-0.4, -0.2) is 19.8 Å². The Labute approximate surface area is 143 Å². The molecule has 2 heteroatoms. The highest BCUT2D eigenvalue weighted by Gasteiger charge is 2.03. The standard InChI is InChI=1S/C21H36O2/c1-4-6-7-8-13-20-14-9-10-15-21(20)23-17-12-11-16-22-18-19(3)5-2/h9-10,14-15,19H,4-8,11-13,16-18H2,1-3H3. The Bertz CT molecular complexity index is 389. The fraction of sp³-hybridized carbons (Fsp3) is 0.714. The van der Waals surface area contributed by atoms with E-state index in [1.54, 1.807) is 0 Å². The number of aryl methyl sites for hydroxylation is 1. The minimum atomic E-state index is 0.672. The Kier molecular flexibility index (Phi) is 11.7. The van der Waals surface area contributed by atoms with Crippen LogP contribution >= 0.6 is 0 Å². The summed E-state index contributed by atoms with van der Waals surface area (Å²) in [6.07, 6.45) is 9.67. The molecule has 1 unspecified atom stereocenters. The normalized spacial score (nSPS) is 12.3. The van der Waals surface area contributed by atoms with Gasteiger partial charge in [-0.15, -0.1) is 0 Å². The molecule has 0 N–H and O–H groups in total. The maximum absolute atomic E-state index is 5.99. The van der Waals surface area contributed by atoms with Crippen LogP contribution in [0.2, 0.25) is 0 Å². The van der Waals surface area contributed by atoms with E-state index in [-0.39, 0.29) is 0 Å². The van der Waals surface area contributed by atoms with Crippen LogP contribution in [0.15, 0.2) is 24.3 Å². The predicted octanol–water partition coefficient (Wildman–Crippen LogP) is 6.03. The minimum Gasteiger partial charge on any atom is -0.493 e. The molecule has 1 atom stereocenters. The number of unbranched alkanes of at least 4 members (excludes halogenated alkanes) is 4. The van der Waals surface area contributed by atoms with Gasteiger partial charge in [0.15, 0.2) is 0 Å². The number of ether oxygens (including phenoxy) is 2. The van der Waals surface area contributed by atoms with Gasteiger partial charge in [-0.25, -0.2) is 0 Å². The number of rotatable bonds is 14. The van der Waals surface area contributed by atoms with Crippen LogP contribution in [0.5, 0.6) is 5.75 Å². The Balaban J connectivity index is 2.16. The third-order valence-corrected chi connectivity index (χ3v) is 4.31. The van der Waals surface area contributed by atoms with Crippen molar-refractivity contribution < 1.29 is 9.47 Å². The highest BCUT2D eigenvalue weighted by molar-refractivity contribution is 5.33. The van der Waals surface area contributed by atoms with Crippen molar-refractivity contribution in [2.24, 2.45) is 5.92 Å². The lowest BCUT2D eigenvalue weighted by Crippen LogP contribution is -2.07. The second-order valence-electron chi connectivity index (χ2n) is 6.56. The third kappa shape index (κ3) is 9.65. The minimum absolute atomic E-state index is 0.672. The Morgan fingerprint density at radius 2 is 1.70 bits per heavy atom. The van der Waals surface area contributed by atoms with Gasteiger partial charge in [-0.3, -0.25) is 0 Å². The fourth-order valence-electron chi connectivity index (χ4n) is 2.48. The molecule has 0 saturated heterocycles. The molecule has 132 valence electrons. The first-order valence-electron chi connectivity index (χ1n) is 9.56. The van der Waals surface area contributed by atoms with Crippen molar-refractivity contribution in [3.63, 3.8) is 0 Å². The van der Waals surface area contributed by atoms with E-state index in [9.17, 15) is 0 Å². The molecule has 0 bridgehead atoms. The molecule has 0 fully saturated rings. The summed E-state index contributed by atoms with van der Waals surface area (Å²) in [7, 11) is 0. The summed E-state index contributed by atoms with van der Waals surface area (Å²) < 4.78 is 11.7. The van der Waals surface area contributed by atoms with Gasteiger partial charge in [0.25, 0.3) is 0 Å². The second kappa shape index (κ2) is 13.4. The van der Waals surface area contributed by atoms with E-state index in [1.807, 2.05) is 0 Å². The van der Waals surface area contributed by atoms with Crippen LogP contribution in [0.3, 0.4) is 0 Å². The summed E-state index contributed by atoms with van der Waals surface area (Å²) in [6.45, 7) is 9.23. The molecule has 0 saturated carbocycles. The van der Waals surface area contributed by atoms with Crippen molar-refractivity contribution in [1.82, 2.24) is 0 Å². The molecule has 0 radical (unpaired) electrons. The van der Waals surface area contributed by atoms with Gasteiger partial charge in [0.05, 0.1) is 6.61 Å². The molecule has 1 aromatic carbocycles. The van der Waals surface area contributed by atoms with Crippen molar-refractivity contribution in [3.8, 4) is 5.75 Å². The maximum Gasteiger partial charge on any atom is 0.122 e. The second-order valence-corrected chi connectivity index (χ2v) is 6.56. The van der Waals surface area contributed by atoms with Gasteiger partial charge in [0.2, 0.25) is 0 Å². The molecule has 1 aromatic rings. The summed E-state index contributed by atoms with van der Waals surface area (Å²) in [5.41, 5.74) is 1.36. The van der Waals surface area contributed by atoms with Crippen LogP contribution in [0.4, 0.5) is 0 Å². The molecule has 1 rings (SSSR count). The van der Waals surface area contributed by atoms with Gasteiger partial charge in [-0.2, -0.15) is 0 Å². The summed E-state index contributed by atoms with van der Waals surface area (Å²) in [4.78, 5) is 0. The zero-order valence-electron chi connectivity index (χ0n) is 15.5. The lowest BCUT2D eigenvalue weighted by atomic mass is 10.1. The van der Waals surface area contributed by atoms with Crippen LogP contribution in [0, 0.1) is 5.92 Å². The first-order valence-corrected chi connectivity index (χ1v) is 9.56. The molecule has 23 heavy (non-hydrogen) atoms. The van der Waals surface area contributed by atoms with E-state index in [1.165, 1.54) is 37.7 Å². The van der Waals surface area contributed by atoms with Gasteiger partial charge in [0, 0.05) is 13.2 Å².